The number of nitrogens with zero attached hydrogens (tertiary/aromatic N) is 1. The molecule has 0 fully saturated rings. The van der Waals surface area contributed by atoms with Crippen molar-refractivity contribution in [1.29, 1.82) is 0 Å². The summed E-state index contributed by atoms with van der Waals surface area (Å²) in [4.78, 5) is 2.33. The van der Waals surface area contributed by atoms with Gasteiger partial charge in [0.2, 0.25) is 0 Å². The lowest BCUT2D eigenvalue weighted by atomic mass is 9.91. The molecule has 0 atom stereocenters. The van der Waals surface area contributed by atoms with Gasteiger partial charge in [0.25, 0.3) is 0 Å². The summed E-state index contributed by atoms with van der Waals surface area (Å²) in [5.41, 5.74) is 16.0. The first kappa shape index (κ1) is 34.9. The fraction of sp³-hybridized carbons (Fsp3) is 0. The van der Waals surface area contributed by atoms with E-state index < -0.39 is 0 Å². The molecule has 61 heavy (non-hydrogen) atoms. The van der Waals surface area contributed by atoms with Crippen LogP contribution in [0.4, 0.5) is 17.1 Å². The molecule has 0 radical (unpaired) electrons. The Morgan fingerprint density at radius 2 is 0.902 bits per heavy atom. The Morgan fingerprint density at radius 1 is 0.279 bits per heavy atom. The van der Waals surface area contributed by atoms with Crippen molar-refractivity contribution in [1.82, 2.24) is 0 Å². The lowest BCUT2D eigenvalue weighted by molar-refractivity contribution is 0.669. The maximum Gasteiger partial charge on any atom is 0.143 e. The van der Waals surface area contributed by atoms with E-state index in [1.807, 2.05) is 12.1 Å². The summed E-state index contributed by atoms with van der Waals surface area (Å²) in [7, 11) is 0. The molecule has 0 bridgehead atoms. The van der Waals surface area contributed by atoms with Gasteiger partial charge in [0.1, 0.15) is 22.3 Å². The molecule has 3 nitrogen and oxygen atoms in total. The molecule has 286 valence electrons. The predicted molar refractivity (Wildman–Crippen MR) is 255 cm³/mol. The van der Waals surface area contributed by atoms with Gasteiger partial charge in [-0.3, -0.25) is 0 Å². The number of hydrogen-bond acceptors (Lipinski definition) is 3. The Morgan fingerprint density at radius 3 is 1.74 bits per heavy atom. The van der Waals surface area contributed by atoms with Gasteiger partial charge in [-0.2, -0.15) is 0 Å². The SMILES string of the molecule is c1ccc(-c2ccc(-c3ccc(N(c4cccc(-c5cccc6oc7c8ccccc8ccc7c56)c4)c4ccc5c(c4)oc4ccccc45)cc3)cc2-c2ccccc2)cc1. The van der Waals surface area contributed by atoms with Gasteiger partial charge >= 0.3 is 0 Å². The molecule has 12 rings (SSSR count). The normalized spacial score (nSPS) is 11.6. The van der Waals surface area contributed by atoms with E-state index >= 15 is 0 Å². The topological polar surface area (TPSA) is 29.5 Å². The van der Waals surface area contributed by atoms with Crippen LogP contribution in [0, 0.1) is 0 Å². The van der Waals surface area contributed by atoms with Crippen molar-refractivity contribution in [2.75, 3.05) is 4.90 Å². The second kappa shape index (κ2) is 14.3. The van der Waals surface area contributed by atoms with Crippen LogP contribution < -0.4 is 4.90 Å². The number of rotatable bonds is 7. The fourth-order valence-corrected chi connectivity index (χ4v) is 9.16. The van der Waals surface area contributed by atoms with Crippen molar-refractivity contribution in [3.8, 4) is 44.5 Å². The third kappa shape index (κ3) is 5.98. The minimum Gasteiger partial charge on any atom is -0.456 e. The smallest absolute Gasteiger partial charge is 0.143 e. The van der Waals surface area contributed by atoms with Crippen LogP contribution in [0.1, 0.15) is 0 Å². The summed E-state index contributed by atoms with van der Waals surface area (Å²) in [5, 5.41) is 6.74. The summed E-state index contributed by atoms with van der Waals surface area (Å²) in [6.45, 7) is 0. The van der Waals surface area contributed by atoms with Crippen molar-refractivity contribution in [2.24, 2.45) is 0 Å². The molecule has 0 saturated heterocycles. The fourth-order valence-electron chi connectivity index (χ4n) is 9.16. The summed E-state index contributed by atoms with van der Waals surface area (Å²) < 4.78 is 13.0. The van der Waals surface area contributed by atoms with Crippen molar-refractivity contribution in [2.45, 2.75) is 0 Å². The number of hydrogen-bond donors (Lipinski definition) is 0. The average Bonchev–Trinajstić information content (AvgIpc) is 3.91. The van der Waals surface area contributed by atoms with Gasteiger partial charge in [-0.25, -0.2) is 0 Å². The molecule has 0 unspecified atom stereocenters. The van der Waals surface area contributed by atoms with Crippen LogP contribution in [0.5, 0.6) is 0 Å². The van der Waals surface area contributed by atoms with Gasteiger partial charge < -0.3 is 13.7 Å². The molecule has 0 N–H and O–H groups in total. The molecule has 0 amide bonds. The van der Waals surface area contributed by atoms with E-state index in [0.717, 1.165) is 88.6 Å². The van der Waals surface area contributed by atoms with Gasteiger partial charge in [-0.1, -0.05) is 158 Å². The Kier molecular flexibility index (Phi) is 8.17. The van der Waals surface area contributed by atoms with Crippen LogP contribution in [0.15, 0.2) is 233 Å². The number of benzene rings is 10. The average molecular weight is 780 g/mol. The summed E-state index contributed by atoms with van der Waals surface area (Å²) in [5.74, 6) is 0. The van der Waals surface area contributed by atoms with Crippen LogP contribution in [-0.2, 0) is 0 Å². The highest BCUT2D eigenvalue weighted by Crippen LogP contribution is 2.44. The van der Waals surface area contributed by atoms with Gasteiger partial charge in [0, 0.05) is 50.1 Å². The number of fused-ring (bicyclic) bond motifs is 8. The molecule has 10 aromatic carbocycles. The van der Waals surface area contributed by atoms with E-state index in [-0.39, 0.29) is 0 Å². The van der Waals surface area contributed by atoms with Gasteiger partial charge in [-0.05, 0) is 111 Å². The molecule has 0 aliphatic rings. The molecule has 2 heterocycles. The first-order valence-corrected chi connectivity index (χ1v) is 20.7. The third-order valence-corrected chi connectivity index (χ3v) is 12.1. The van der Waals surface area contributed by atoms with Gasteiger partial charge in [-0.15, -0.1) is 0 Å². The third-order valence-electron chi connectivity index (χ3n) is 12.1. The zero-order valence-electron chi connectivity index (χ0n) is 33.1. The number of anilines is 3. The van der Waals surface area contributed by atoms with Crippen LogP contribution in [0.3, 0.4) is 0 Å². The van der Waals surface area contributed by atoms with Crippen LogP contribution in [0.2, 0.25) is 0 Å². The highest BCUT2D eigenvalue weighted by atomic mass is 16.3. The maximum absolute atomic E-state index is 6.60. The summed E-state index contributed by atoms with van der Waals surface area (Å²) >= 11 is 0. The van der Waals surface area contributed by atoms with E-state index in [1.54, 1.807) is 0 Å². The van der Waals surface area contributed by atoms with Crippen molar-refractivity contribution in [3.05, 3.63) is 224 Å². The summed E-state index contributed by atoms with van der Waals surface area (Å²) in [6, 6.07) is 79.9. The van der Waals surface area contributed by atoms with E-state index in [4.69, 9.17) is 8.83 Å². The lowest BCUT2D eigenvalue weighted by Gasteiger charge is -2.26. The molecule has 0 aliphatic heterocycles. The molecule has 12 aromatic rings. The molecule has 3 heteroatoms. The highest BCUT2D eigenvalue weighted by Gasteiger charge is 2.19. The molecule has 0 aliphatic carbocycles. The Hall–Kier alpha value is -8.14. The molecule has 2 aromatic heterocycles. The van der Waals surface area contributed by atoms with Crippen molar-refractivity contribution >= 4 is 71.7 Å². The van der Waals surface area contributed by atoms with Crippen molar-refractivity contribution in [3.63, 3.8) is 0 Å². The largest absolute Gasteiger partial charge is 0.456 e. The molecule has 0 spiro atoms. The zero-order chi connectivity index (χ0) is 40.3. The number of furan rings is 2. The Bertz CT molecular complexity index is 3580. The van der Waals surface area contributed by atoms with Crippen LogP contribution in [-0.4, -0.2) is 0 Å². The first-order valence-electron chi connectivity index (χ1n) is 20.7. The Balaban J connectivity index is 0.993. The second-order valence-electron chi connectivity index (χ2n) is 15.6. The summed E-state index contributed by atoms with van der Waals surface area (Å²) in [6.07, 6.45) is 0. The zero-order valence-corrected chi connectivity index (χ0v) is 33.1. The predicted octanol–water partition coefficient (Wildman–Crippen LogP) is 16.8. The van der Waals surface area contributed by atoms with E-state index in [1.165, 1.54) is 27.6 Å². The first-order chi connectivity index (χ1) is 30.2. The number of para-hydroxylation sites is 1. The van der Waals surface area contributed by atoms with Gasteiger partial charge in [0.15, 0.2) is 0 Å². The van der Waals surface area contributed by atoms with E-state index in [2.05, 4.69) is 217 Å². The minimum absolute atomic E-state index is 0.852. The van der Waals surface area contributed by atoms with E-state index in [0.29, 0.717) is 0 Å². The lowest BCUT2D eigenvalue weighted by Crippen LogP contribution is -2.10. The Labute approximate surface area is 353 Å². The van der Waals surface area contributed by atoms with Crippen LogP contribution in [0.25, 0.3) is 99.2 Å². The van der Waals surface area contributed by atoms with Crippen LogP contribution >= 0.6 is 0 Å². The standard InChI is InChI=1S/C58H37NO2/c1-3-13-39(14-4-1)47-32-28-42(36-53(47)40-15-5-2-6-16-40)38-25-29-44(30-26-38)59(46-31-34-51-50-21-9-10-23-54(50)60-56(51)37-46)45-19-11-18-43(35-45)48-22-12-24-55-57(48)52-33-27-41-17-7-8-20-49(41)58(52)61-55/h1-37H. The minimum atomic E-state index is 0.852. The van der Waals surface area contributed by atoms with E-state index in [9.17, 15) is 0 Å². The maximum atomic E-state index is 6.60. The second-order valence-corrected chi connectivity index (χ2v) is 15.6. The monoisotopic (exact) mass is 779 g/mol. The molecular weight excluding hydrogens is 743 g/mol. The van der Waals surface area contributed by atoms with Crippen molar-refractivity contribution < 1.29 is 8.83 Å². The van der Waals surface area contributed by atoms with Gasteiger partial charge in [0.05, 0.1) is 0 Å². The highest BCUT2D eigenvalue weighted by molar-refractivity contribution is 6.19. The quantitative estimate of drug-likeness (QED) is 0.161. The molecule has 0 saturated carbocycles. The molecular formula is C58H37NO2.